The van der Waals surface area contributed by atoms with Gasteiger partial charge in [0.05, 0.1) is 10.0 Å². The van der Waals surface area contributed by atoms with Gasteiger partial charge in [-0.2, -0.15) is 0 Å². The van der Waals surface area contributed by atoms with E-state index in [0.29, 0.717) is 12.3 Å². The van der Waals surface area contributed by atoms with Crippen LogP contribution in [-0.2, 0) is 10.0 Å². The van der Waals surface area contributed by atoms with E-state index in [0.717, 1.165) is 18.9 Å². The Morgan fingerprint density at radius 3 is 2.47 bits per heavy atom. The van der Waals surface area contributed by atoms with Crippen LogP contribution in [0.2, 0.25) is 10.0 Å². The van der Waals surface area contributed by atoms with Gasteiger partial charge in [-0.1, -0.05) is 29.6 Å². The lowest BCUT2D eigenvalue weighted by Gasteiger charge is -2.09. The van der Waals surface area contributed by atoms with Gasteiger partial charge in [0.2, 0.25) is 10.0 Å². The van der Waals surface area contributed by atoms with E-state index in [-0.39, 0.29) is 16.5 Å². The molecule has 0 heterocycles. The van der Waals surface area contributed by atoms with Crippen molar-refractivity contribution in [2.24, 2.45) is 0 Å². The maximum atomic E-state index is 13.4. The van der Waals surface area contributed by atoms with E-state index in [4.69, 9.17) is 34.8 Å². The number of halogens is 4. The Bertz CT molecular complexity index is 537. The van der Waals surface area contributed by atoms with Gasteiger partial charge in [0.15, 0.2) is 5.82 Å². The summed E-state index contributed by atoms with van der Waals surface area (Å²) in [4.78, 5) is -0.312. The zero-order valence-electron chi connectivity index (χ0n) is 9.93. The largest absolute Gasteiger partial charge is 0.242 e. The molecule has 1 N–H and O–H groups in total. The zero-order chi connectivity index (χ0) is 14.5. The van der Waals surface area contributed by atoms with Crippen LogP contribution >= 0.6 is 34.8 Å². The summed E-state index contributed by atoms with van der Waals surface area (Å²) >= 11 is 16.7. The standard InChI is InChI=1S/C11H13Cl3FNO2S/c12-6-2-1-3-7-16-19(17,18)9-5-4-8(13)11(15)10(9)14/h4-5,16H,1-3,6-7H2. The quantitative estimate of drug-likeness (QED) is 0.462. The van der Waals surface area contributed by atoms with E-state index >= 15 is 0 Å². The van der Waals surface area contributed by atoms with Crippen molar-refractivity contribution in [2.75, 3.05) is 12.4 Å². The first-order valence-electron chi connectivity index (χ1n) is 5.59. The van der Waals surface area contributed by atoms with Crippen molar-refractivity contribution in [3.63, 3.8) is 0 Å². The summed E-state index contributed by atoms with van der Waals surface area (Å²) < 4.78 is 39.6. The fourth-order valence-corrected chi connectivity index (χ4v) is 3.40. The molecule has 8 heteroatoms. The molecule has 19 heavy (non-hydrogen) atoms. The third kappa shape index (κ3) is 4.76. The van der Waals surface area contributed by atoms with Crippen LogP contribution in [0.25, 0.3) is 0 Å². The minimum Gasteiger partial charge on any atom is -0.211 e. The van der Waals surface area contributed by atoms with E-state index in [1.165, 1.54) is 6.07 Å². The fraction of sp³-hybridized carbons (Fsp3) is 0.455. The molecule has 3 nitrogen and oxygen atoms in total. The van der Waals surface area contributed by atoms with Crippen molar-refractivity contribution in [3.8, 4) is 0 Å². The average Bonchev–Trinajstić information content (AvgIpc) is 2.35. The van der Waals surface area contributed by atoms with Crippen LogP contribution in [0.5, 0.6) is 0 Å². The summed E-state index contributed by atoms with van der Waals surface area (Å²) in [6.07, 6.45) is 2.29. The molecule has 108 valence electrons. The predicted octanol–water partition coefficient (Wildman–Crippen LogP) is 3.82. The molecule has 1 aromatic carbocycles. The molecule has 0 unspecified atom stereocenters. The highest BCUT2D eigenvalue weighted by Gasteiger charge is 2.21. The molecule has 0 fully saturated rings. The van der Waals surface area contributed by atoms with Crippen LogP contribution < -0.4 is 4.72 Å². The van der Waals surface area contributed by atoms with Gasteiger partial charge >= 0.3 is 0 Å². The van der Waals surface area contributed by atoms with E-state index in [1.54, 1.807) is 0 Å². The molecule has 0 aromatic heterocycles. The van der Waals surface area contributed by atoms with Gasteiger partial charge in [0.1, 0.15) is 4.90 Å². The number of rotatable bonds is 7. The van der Waals surface area contributed by atoms with Crippen LogP contribution in [0.1, 0.15) is 19.3 Å². The second kappa shape index (κ2) is 7.64. The lowest BCUT2D eigenvalue weighted by Crippen LogP contribution is -2.25. The summed E-state index contributed by atoms with van der Waals surface area (Å²) in [6, 6.07) is 2.33. The number of hydrogen-bond donors (Lipinski definition) is 1. The number of sulfonamides is 1. The minimum absolute atomic E-state index is 0.217. The summed E-state index contributed by atoms with van der Waals surface area (Å²) in [5.74, 6) is -0.394. The Labute approximate surface area is 127 Å². The van der Waals surface area contributed by atoms with E-state index < -0.39 is 20.9 Å². The minimum atomic E-state index is -3.83. The van der Waals surface area contributed by atoms with Gasteiger partial charge in [0.25, 0.3) is 0 Å². The van der Waals surface area contributed by atoms with Crippen molar-refractivity contribution >= 4 is 44.8 Å². The number of unbranched alkanes of at least 4 members (excludes halogenated alkanes) is 2. The molecule has 0 aliphatic carbocycles. The van der Waals surface area contributed by atoms with Gasteiger partial charge < -0.3 is 0 Å². The molecule has 1 rings (SSSR count). The fourth-order valence-electron chi connectivity index (χ4n) is 1.40. The molecule has 0 spiro atoms. The van der Waals surface area contributed by atoms with Crippen molar-refractivity contribution in [1.82, 2.24) is 4.72 Å². The average molecular weight is 349 g/mol. The number of benzene rings is 1. The Morgan fingerprint density at radius 1 is 1.16 bits per heavy atom. The molecular formula is C11H13Cl3FNO2S. The normalized spacial score (nSPS) is 11.8. The van der Waals surface area contributed by atoms with Gasteiger partial charge in [-0.05, 0) is 25.0 Å². The third-order valence-corrected chi connectivity index (χ3v) is 4.94. The van der Waals surface area contributed by atoms with Crippen LogP contribution in [0, 0.1) is 5.82 Å². The van der Waals surface area contributed by atoms with Crippen LogP contribution in [0.4, 0.5) is 4.39 Å². The topological polar surface area (TPSA) is 46.2 Å². The molecule has 0 saturated carbocycles. The van der Waals surface area contributed by atoms with Gasteiger partial charge in [-0.3, -0.25) is 0 Å². The summed E-state index contributed by atoms with van der Waals surface area (Å²) in [5.41, 5.74) is 0. The molecular weight excluding hydrogens is 336 g/mol. The second-order valence-electron chi connectivity index (χ2n) is 3.82. The summed E-state index contributed by atoms with van der Waals surface area (Å²) in [5, 5.41) is -0.716. The SMILES string of the molecule is O=S(=O)(NCCCCCCl)c1ccc(Cl)c(F)c1Cl. The van der Waals surface area contributed by atoms with Crippen molar-refractivity contribution in [2.45, 2.75) is 24.2 Å². The molecule has 0 aliphatic heterocycles. The summed E-state index contributed by atoms with van der Waals surface area (Å²) in [7, 11) is -3.83. The first-order valence-corrected chi connectivity index (χ1v) is 8.36. The van der Waals surface area contributed by atoms with Gasteiger partial charge in [-0.25, -0.2) is 17.5 Å². The van der Waals surface area contributed by atoms with E-state index in [2.05, 4.69) is 4.72 Å². The number of hydrogen-bond acceptors (Lipinski definition) is 2. The van der Waals surface area contributed by atoms with Crippen molar-refractivity contribution in [1.29, 1.82) is 0 Å². The number of alkyl halides is 1. The van der Waals surface area contributed by atoms with Crippen molar-refractivity contribution in [3.05, 3.63) is 28.0 Å². The molecule has 1 aromatic rings. The first kappa shape index (κ1) is 17.0. The van der Waals surface area contributed by atoms with Gasteiger partial charge in [0, 0.05) is 12.4 Å². The lowest BCUT2D eigenvalue weighted by molar-refractivity contribution is 0.573. The van der Waals surface area contributed by atoms with Gasteiger partial charge in [-0.15, -0.1) is 11.6 Å². The Hall–Kier alpha value is -0.0700. The third-order valence-electron chi connectivity index (χ3n) is 2.39. The maximum absolute atomic E-state index is 13.4. The molecule has 0 radical (unpaired) electrons. The number of nitrogens with one attached hydrogen (secondary N) is 1. The van der Waals surface area contributed by atoms with E-state index in [1.807, 2.05) is 0 Å². The summed E-state index contributed by atoms with van der Waals surface area (Å²) in [6.45, 7) is 0.250. The highest BCUT2D eigenvalue weighted by atomic mass is 35.5. The lowest BCUT2D eigenvalue weighted by atomic mass is 10.2. The second-order valence-corrected chi connectivity index (χ2v) is 6.72. The molecule has 0 aliphatic rings. The van der Waals surface area contributed by atoms with E-state index in [9.17, 15) is 12.8 Å². The Balaban J connectivity index is 2.75. The maximum Gasteiger partial charge on any atom is 0.242 e. The monoisotopic (exact) mass is 347 g/mol. The molecule has 0 bridgehead atoms. The molecule has 0 atom stereocenters. The first-order chi connectivity index (χ1) is 8.90. The smallest absolute Gasteiger partial charge is 0.211 e. The molecule has 0 saturated heterocycles. The predicted molar refractivity (Wildman–Crippen MR) is 76.2 cm³/mol. The highest BCUT2D eigenvalue weighted by molar-refractivity contribution is 7.89. The van der Waals surface area contributed by atoms with Crippen molar-refractivity contribution < 1.29 is 12.8 Å². The highest BCUT2D eigenvalue weighted by Crippen LogP contribution is 2.29. The van der Waals surface area contributed by atoms with Crippen LogP contribution in [-0.4, -0.2) is 20.8 Å². The zero-order valence-corrected chi connectivity index (χ0v) is 13.0. The molecule has 0 amide bonds. The van der Waals surface area contributed by atoms with Crippen LogP contribution in [0.3, 0.4) is 0 Å². The van der Waals surface area contributed by atoms with Crippen LogP contribution in [0.15, 0.2) is 17.0 Å². The Kier molecular flexibility index (Phi) is 6.83. The Morgan fingerprint density at radius 2 is 1.84 bits per heavy atom.